The normalized spacial score (nSPS) is 23.2. The molecular formula is C20H27NO2. The number of nitrogens with two attached hydrogens (primary N) is 1. The minimum Gasteiger partial charge on any atom is -0.468 e. The van der Waals surface area contributed by atoms with E-state index < -0.39 is 5.54 Å². The quantitative estimate of drug-likeness (QED) is 0.511. The molecule has 0 bridgehead atoms. The lowest BCUT2D eigenvalue weighted by Gasteiger charge is -2.20. The van der Waals surface area contributed by atoms with Crippen LogP contribution in [0.2, 0.25) is 0 Å². The molecule has 2 N–H and O–H groups in total. The van der Waals surface area contributed by atoms with Crippen LogP contribution in [0, 0.1) is 11.8 Å². The van der Waals surface area contributed by atoms with Crippen LogP contribution in [-0.4, -0.2) is 18.6 Å². The molecule has 0 radical (unpaired) electrons. The Balaban J connectivity index is 1.94. The van der Waals surface area contributed by atoms with Crippen LogP contribution < -0.4 is 5.73 Å². The highest BCUT2D eigenvalue weighted by Gasteiger charge is 2.43. The lowest BCUT2D eigenvalue weighted by Crippen LogP contribution is -2.46. The number of hydrogen-bond donors (Lipinski definition) is 1. The maximum atomic E-state index is 11.8. The molecule has 1 saturated carbocycles. The summed E-state index contributed by atoms with van der Waals surface area (Å²) in [5.74, 6) is 6.47. The van der Waals surface area contributed by atoms with Gasteiger partial charge in [-0.25, -0.2) is 0 Å². The van der Waals surface area contributed by atoms with Crippen molar-refractivity contribution in [2.75, 3.05) is 7.11 Å². The topological polar surface area (TPSA) is 52.3 Å². The summed E-state index contributed by atoms with van der Waals surface area (Å²) in [5, 5.41) is 0. The molecule has 1 fully saturated rings. The molecule has 0 aliphatic heterocycles. The number of esters is 1. The van der Waals surface area contributed by atoms with Crippen molar-refractivity contribution in [3.05, 3.63) is 35.4 Å². The van der Waals surface area contributed by atoms with Crippen molar-refractivity contribution in [1.82, 2.24) is 0 Å². The highest BCUT2D eigenvalue weighted by atomic mass is 16.5. The minimum absolute atomic E-state index is 0.297. The molecule has 0 amide bonds. The van der Waals surface area contributed by atoms with Crippen LogP contribution in [0.1, 0.15) is 68.9 Å². The molecule has 2 rings (SSSR count). The standard InChI is InChI=1S/C20H27NO2/c1-3-4-5-6-7-8-16-9-11-17(12-10-16)18-13-14-20(21,15-18)19(22)23-2/h9-12,18H,3-6,13-15,21H2,1-2H3/t18-,20+/m0/s1. The first-order chi connectivity index (χ1) is 11.1. The average molecular weight is 313 g/mol. The van der Waals surface area contributed by atoms with Crippen molar-refractivity contribution in [3.8, 4) is 11.8 Å². The van der Waals surface area contributed by atoms with E-state index in [1.807, 2.05) is 0 Å². The summed E-state index contributed by atoms with van der Waals surface area (Å²) in [6.07, 6.45) is 6.88. The van der Waals surface area contributed by atoms with Crippen LogP contribution in [0.4, 0.5) is 0 Å². The third kappa shape index (κ3) is 4.59. The number of unbranched alkanes of at least 4 members (excludes halogenated alkanes) is 3. The zero-order valence-corrected chi connectivity index (χ0v) is 14.2. The van der Waals surface area contributed by atoms with E-state index in [4.69, 9.17) is 10.5 Å². The van der Waals surface area contributed by atoms with Gasteiger partial charge in [0.25, 0.3) is 0 Å². The summed E-state index contributed by atoms with van der Waals surface area (Å²) < 4.78 is 4.83. The van der Waals surface area contributed by atoms with Crippen molar-refractivity contribution in [1.29, 1.82) is 0 Å². The highest BCUT2D eigenvalue weighted by molar-refractivity contribution is 5.81. The Labute approximate surface area is 139 Å². The van der Waals surface area contributed by atoms with Gasteiger partial charge in [0.05, 0.1) is 7.11 Å². The van der Waals surface area contributed by atoms with Crippen LogP contribution in [0.15, 0.2) is 24.3 Å². The van der Waals surface area contributed by atoms with Gasteiger partial charge in [0, 0.05) is 12.0 Å². The van der Waals surface area contributed by atoms with Crippen LogP contribution in [0.3, 0.4) is 0 Å². The van der Waals surface area contributed by atoms with Gasteiger partial charge in [0.15, 0.2) is 0 Å². The van der Waals surface area contributed by atoms with E-state index in [-0.39, 0.29) is 5.97 Å². The Hall–Kier alpha value is -1.79. The first-order valence-corrected chi connectivity index (χ1v) is 8.55. The number of methoxy groups -OCH3 is 1. The first kappa shape index (κ1) is 17.6. The van der Waals surface area contributed by atoms with E-state index in [1.54, 1.807) is 0 Å². The third-order valence-electron chi connectivity index (χ3n) is 4.66. The zero-order valence-electron chi connectivity index (χ0n) is 14.2. The molecule has 1 aliphatic carbocycles. The number of hydrogen-bond acceptors (Lipinski definition) is 3. The summed E-state index contributed by atoms with van der Waals surface area (Å²) in [6, 6.07) is 8.36. The Bertz CT molecular complexity index is 582. The molecule has 0 spiro atoms. The van der Waals surface area contributed by atoms with Crippen LogP contribution >= 0.6 is 0 Å². The van der Waals surface area contributed by atoms with E-state index in [9.17, 15) is 4.79 Å². The molecule has 3 heteroatoms. The number of ether oxygens (including phenoxy) is 1. The second kappa shape index (κ2) is 8.17. The molecule has 0 unspecified atom stereocenters. The fourth-order valence-corrected chi connectivity index (χ4v) is 3.22. The summed E-state index contributed by atoms with van der Waals surface area (Å²) >= 11 is 0. The van der Waals surface area contributed by atoms with Crippen LogP contribution in [-0.2, 0) is 9.53 Å². The minimum atomic E-state index is -0.822. The fraction of sp³-hybridized carbons (Fsp3) is 0.550. The van der Waals surface area contributed by atoms with Crippen LogP contribution in [0.5, 0.6) is 0 Å². The fourth-order valence-electron chi connectivity index (χ4n) is 3.22. The van der Waals surface area contributed by atoms with E-state index in [1.165, 1.54) is 31.9 Å². The van der Waals surface area contributed by atoms with E-state index in [0.717, 1.165) is 18.4 Å². The molecule has 1 aromatic rings. The largest absolute Gasteiger partial charge is 0.468 e. The first-order valence-electron chi connectivity index (χ1n) is 8.55. The van der Waals surface area contributed by atoms with Gasteiger partial charge < -0.3 is 10.5 Å². The Morgan fingerprint density at radius 1 is 1.35 bits per heavy atom. The van der Waals surface area contributed by atoms with Crippen molar-refractivity contribution in [2.24, 2.45) is 5.73 Å². The van der Waals surface area contributed by atoms with Gasteiger partial charge in [0.2, 0.25) is 0 Å². The number of carbonyl (C=O) groups excluding carboxylic acids is 1. The predicted molar refractivity (Wildman–Crippen MR) is 93.0 cm³/mol. The monoisotopic (exact) mass is 313 g/mol. The molecular weight excluding hydrogens is 286 g/mol. The SMILES string of the molecule is CCCCCC#Cc1ccc([C@H]2CC[C@](N)(C(=O)OC)C2)cc1. The van der Waals surface area contributed by atoms with Crippen molar-refractivity contribution >= 4 is 5.97 Å². The smallest absolute Gasteiger partial charge is 0.325 e. The second-order valence-electron chi connectivity index (χ2n) is 6.47. The molecule has 0 heterocycles. The molecule has 3 nitrogen and oxygen atoms in total. The van der Waals surface area contributed by atoms with Crippen molar-refractivity contribution < 1.29 is 9.53 Å². The van der Waals surface area contributed by atoms with Crippen molar-refractivity contribution in [2.45, 2.75) is 63.3 Å². The zero-order chi connectivity index (χ0) is 16.7. The van der Waals surface area contributed by atoms with E-state index in [2.05, 4.69) is 43.0 Å². The van der Waals surface area contributed by atoms with Gasteiger partial charge in [-0.1, -0.05) is 43.7 Å². The average Bonchev–Trinajstić information content (AvgIpc) is 2.98. The highest BCUT2D eigenvalue weighted by Crippen LogP contribution is 2.40. The van der Waals surface area contributed by atoms with Gasteiger partial charge >= 0.3 is 5.97 Å². The van der Waals surface area contributed by atoms with Gasteiger partial charge in [0.1, 0.15) is 5.54 Å². The maximum Gasteiger partial charge on any atom is 0.325 e. The van der Waals surface area contributed by atoms with E-state index in [0.29, 0.717) is 18.8 Å². The summed E-state index contributed by atoms with van der Waals surface area (Å²) in [5.41, 5.74) is 7.64. The Morgan fingerprint density at radius 2 is 2.09 bits per heavy atom. The molecule has 23 heavy (non-hydrogen) atoms. The number of carbonyl (C=O) groups is 1. The molecule has 1 aromatic carbocycles. The third-order valence-corrected chi connectivity index (χ3v) is 4.66. The molecule has 1 aliphatic rings. The maximum absolute atomic E-state index is 11.8. The predicted octanol–water partition coefficient (Wildman–Crippen LogP) is 3.76. The molecule has 124 valence electrons. The number of rotatable bonds is 5. The summed E-state index contributed by atoms with van der Waals surface area (Å²) in [7, 11) is 1.40. The van der Waals surface area contributed by atoms with Gasteiger partial charge in [-0.2, -0.15) is 0 Å². The molecule has 2 atom stereocenters. The lowest BCUT2D eigenvalue weighted by molar-refractivity contribution is -0.146. The lowest BCUT2D eigenvalue weighted by atomic mass is 9.92. The van der Waals surface area contributed by atoms with Gasteiger partial charge in [-0.3, -0.25) is 4.79 Å². The van der Waals surface area contributed by atoms with E-state index >= 15 is 0 Å². The van der Waals surface area contributed by atoms with Gasteiger partial charge in [-0.15, -0.1) is 0 Å². The molecule has 0 saturated heterocycles. The van der Waals surface area contributed by atoms with Crippen LogP contribution in [0.25, 0.3) is 0 Å². The summed E-state index contributed by atoms with van der Waals surface area (Å²) in [6.45, 7) is 2.20. The summed E-state index contributed by atoms with van der Waals surface area (Å²) in [4.78, 5) is 11.8. The second-order valence-corrected chi connectivity index (χ2v) is 6.47. The van der Waals surface area contributed by atoms with Crippen molar-refractivity contribution in [3.63, 3.8) is 0 Å². The Kier molecular flexibility index (Phi) is 6.24. The molecule has 0 aromatic heterocycles. The number of benzene rings is 1. The Morgan fingerprint density at radius 3 is 2.74 bits per heavy atom. The van der Waals surface area contributed by atoms with Gasteiger partial charge in [-0.05, 0) is 49.3 Å².